The summed E-state index contributed by atoms with van der Waals surface area (Å²) in [4.78, 5) is 0. The van der Waals surface area contributed by atoms with E-state index in [0.717, 1.165) is 23.7 Å². The van der Waals surface area contributed by atoms with E-state index in [0.29, 0.717) is 26.4 Å². The first-order valence-corrected chi connectivity index (χ1v) is 12.3. The minimum atomic E-state index is -0.966. The molecule has 0 heterocycles. The lowest BCUT2D eigenvalue weighted by atomic mass is 10.2. The summed E-state index contributed by atoms with van der Waals surface area (Å²) in [5.74, 6) is 1.47. The van der Waals surface area contributed by atoms with Gasteiger partial charge in [-0.05, 0) is 18.6 Å². The van der Waals surface area contributed by atoms with Crippen molar-refractivity contribution in [3.05, 3.63) is 18.2 Å². The van der Waals surface area contributed by atoms with Gasteiger partial charge in [0.05, 0.1) is 13.2 Å². The Morgan fingerprint density at radius 3 is 2.08 bits per heavy atom. The maximum Gasteiger partial charge on any atom is 0.163 e. The van der Waals surface area contributed by atoms with Crippen molar-refractivity contribution in [3.8, 4) is 11.5 Å². The Morgan fingerprint density at radius 2 is 1.50 bits per heavy atom. The maximum absolute atomic E-state index is 5.79. The van der Waals surface area contributed by atoms with Crippen molar-refractivity contribution in [2.75, 3.05) is 52.5 Å². The molecule has 0 aliphatic carbocycles. The number of benzene rings is 1. The molecule has 0 amide bonds. The third-order valence-corrected chi connectivity index (χ3v) is 5.32. The Kier molecular flexibility index (Phi) is 9.82. The molecule has 0 saturated heterocycles. The molecule has 1 aromatic rings. The van der Waals surface area contributed by atoms with Gasteiger partial charge in [-0.15, -0.1) is 0 Å². The fourth-order valence-corrected chi connectivity index (χ4v) is 3.41. The van der Waals surface area contributed by atoms with Crippen LogP contribution in [0.25, 0.3) is 0 Å². The third kappa shape index (κ3) is 9.15. The van der Waals surface area contributed by atoms with Crippen LogP contribution in [-0.4, -0.2) is 55.3 Å². The summed E-state index contributed by atoms with van der Waals surface area (Å²) in [5.41, 5.74) is 1.05. The predicted octanol–water partition coefficient (Wildman–Crippen LogP) is 3.88. The van der Waals surface area contributed by atoms with E-state index in [4.69, 9.17) is 18.9 Å². The van der Waals surface area contributed by atoms with Gasteiger partial charge in [0.1, 0.15) is 13.2 Å². The van der Waals surface area contributed by atoms with Gasteiger partial charge in [-0.3, -0.25) is 0 Å². The maximum atomic E-state index is 5.79. The quantitative estimate of drug-likeness (QED) is 0.430. The molecule has 0 aliphatic rings. The summed E-state index contributed by atoms with van der Waals surface area (Å²) < 4.78 is 21.6. The van der Waals surface area contributed by atoms with Crippen molar-refractivity contribution in [1.29, 1.82) is 0 Å². The molecule has 24 heavy (non-hydrogen) atoms. The molecule has 138 valence electrons. The summed E-state index contributed by atoms with van der Waals surface area (Å²) in [7, 11) is 2.36. The number of methoxy groups -OCH3 is 2. The largest absolute Gasteiger partial charge is 0.487 e. The topological polar surface area (TPSA) is 49.0 Å². The van der Waals surface area contributed by atoms with E-state index in [1.165, 1.54) is 12.5 Å². The first-order chi connectivity index (χ1) is 11.5. The minimum absolute atomic E-state index is 0.496. The average Bonchev–Trinajstić information content (AvgIpc) is 2.53. The molecule has 0 saturated carbocycles. The van der Waals surface area contributed by atoms with E-state index >= 15 is 0 Å². The fraction of sp³-hybridized carbons (Fsp3) is 0.667. The van der Waals surface area contributed by atoms with Crippen LogP contribution in [0, 0.1) is 0 Å². The second kappa shape index (κ2) is 11.3. The van der Waals surface area contributed by atoms with Crippen molar-refractivity contribution in [1.82, 2.24) is 0 Å². The SMILES string of the molecule is COCCOc1ccc(NCCC[Si](C)(C)C)cc1OCCOC. The third-order valence-electron chi connectivity index (χ3n) is 3.47. The lowest BCUT2D eigenvalue weighted by molar-refractivity contribution is 0.132. The Bertz CT molecular complexity index is 463. The second-order valence-electron chi connectivity index (χ2n) is 6.94. The number of anilines is 1. The highest BCUT2D eigenvalue weighted by atomic mass is 28.3. The van der Waals surface area contributed by atoms with Crippen LogP contribution in [0.4, 0.5) is 5.69 Å². The number of ether oxygens (including phenoxy) is 4. The van der Waals surface area contributed by atoms with E-state index in [1.807, 2.05) is 18.2 Å². The van der Waals surface area contributed by atoms with Crippen molar-refractivity contribution >= 4 is 13.8 Å². The lowest BCUT2D eigenvalue weighted by Crippen LogP contribution is -2.20. The van der Waals surface area contributed by atoms with Crippen molar-refractivity contribution < 1.29 is 18.9 Å². The van der Waals surface area contributed by atoms with E-state index < -0.39 is 8.07 Å². The van der Waals surface area contributed by atoms with E-state index in [1.54, 1.807) is 14.2 Å². The number of rotatable bonds is 13. The van der Waals surface area contributed by atoms with Crippen LogP contribution in [0.3, 0.4) is 0 Å². The van der Waals surface area contributed by atoms with Gasteiger partial charge in [-0.1, -0.05) is 25.7 Å². The Balaban J connectivity index is 2.60. The molecule has 1 N–H and O–H groups in total. The second-order valence-corrected chi connectivity index (χ2v) is 12.6. The molecule has 0 radical (unpaired) electrons. The molecule has 0 unspecified atom stereocenters. The zero-order valence-corrected chi connectivity index (χ0v) is 16.8. The van der Waals surface area contributed by atoms with Crippen LogP contribution in [0.2, 0.25) is 25.7 Å². The van der Waals surface area contributed by atoms with E-state index in [2.05, 4.69) is 25.0 Å². The van der Waals surface area contributed by atoms with Crippen LogP contribution < -0.4 is 14.8 Å². The van der Waals surface area contributed by atoms with Gasteiger partial charge in [0.15, 0.2) is 11.5 Å². The summed E-state index contributed by atoms with van der Waals surface area (Å²) in [6.45, 7) is 10.3. The van der Waals surface area contributed by atoms with Crippen molar-refractivity contribution in [3.63, 3.8) is 0 Å². The Hall–Kier alpha value is -1.24. The van der Waals surface area contributed by atoms with Gasteiger partial charge in [-0.2, -0.15) is 0 Å². The molecule has 0 aliphatic heterocycles. The number of nitrogens with one attached hydrogen (secondary N) is 1. The van der Waals surface area contributed by atoms with E-state index in [9.17, 15) is 0 Å². The summed E-state index contributed by atoms with van der Waals surface area (Å²) >= 11 is 0. The highest BCUT2D eigenvalue weighted by molar-refractivity contribution is 6.76. The standard InChI is InChI=1S/C18H33NO4Si/c1-20-10-12-22-17-8-7-16(15-18(17)23-13-11-21-2)19-9-6-14-24(3,4)5/h7-8,15,19H,6,9-14H2,1-5H3. The summed E-state index contributed by atoms with van der Waals surface area (Å²) in [6, 6.07) is 7.29. The molecular weight excluding hydrogens is 322 g/mol. The molecule has 0 bridgehead atoms. The van der Waals surface area contributed by atoms with Gasteiger partial charge in [0, 0.05) is 40.6 Å². The van der Waals surface area contributed by atoms with E-state index in [-0.39, 0.29) is 0 Å². The smallest absolute Gasteiger partial charge is 0.163 e. The van der Waals surface area contributed by atoms with Gasteiger partial charge in [0.25, 0.3) is 0 Å². The van der Waals surface area contributed by atoms with Crippen LogP contribution in [0.1, 0.15) is 6.42 Å². The predicted molar refractivity (Wildman–Crippen MR) is 102 cm³/mol. The molecule has 5 nitrogen and oxygen atoms in total. The summed E-state index contributed by atoms with van der Waals surface area (Å²) in [5, 5.41) is 3.47. The first-order valence-electron chi connectivity index (χ1n) is 8.57. The zero-order valence-electron chi connectivity index (χ0n) is 15.8. The Labute approximate surface area is 147 Å². The van der Waals surface area contributed by atoms with Crippen LogP contribution in [0.15, 0.2) is 18.2 Å². The highest BCUT2D eigenvalue weighted by Crippen LogP contribution is 2.30. The van der Waals surface area contributed by atoms with Gasteiger partial charge in [0.2, 0.25) is 0 Å². The average molecular weight is 356 g/mol. The van der Waals surface area contributed by atoms with Crippen LogP contribution in [0.5, 0.6) is 11.5 Å². The Morgan fingerprint density at radius 1 is 0.875 bits per heavy atom. The number of hydrogen-bond donors (Lipinski definition) is 1. The first kappa shape index (κ1) is 20.8. The van der Waals surface area contributed by atoms with Gasteiger partial charge >= 0.3 is 0 Å². The molecule has 6 heteroatoms. The fourth-order valence-electron chi connectivity index (χ4n) is 2.17. The van der Waals surface area contributed by atoms with Crippen LogP contribution in [-0.2, 0) is 9.47 Å². The highest BCUT2D eigenvalue weighted by Gasteiger charge is 2.12. The van der Waals surface area contributed by atoms with Gasteiger partial charge in [-0.25, -0.2) is 0 Å². The van der Waals surface area contributed by atoms with Crippen molar-refractivity contribution in [2.24, 2.45) is 0 Å². The van der Waals surface area contributed by atoms with Crippen LogP contribution >= 0.6 is 0 Å². The molecule has 0 aromatic heterocycles. The molecule has 0 spiro atoms. The molecule has 0 atom stereocenters. The molecule has 0 fully saturated rings. The zero-order chi connectivity index (χ0) is 17.8. The minimum Gasteiger partial charge on any atom is -0.487 e. The molecular formula is C18H33NO4Si. The normalized spacial score (nSPS) is 11.4. The molecule has 1 aromatic carbocycles. The van der Waals surface area contributed by atoms with Gasteiger partial charge < -0.3 is 24.3 Å². The lowest BCUT2D eigenvalue weighted by Gasteiger charge is -2.17. The molecule has 1 rings (SSSR count). The van der Waals surface area contributed by atoms with Crippen molar-refractivity contribution in [2.45, 2.75) is 32.1 Å². The monoisotopic (exact) mass is 355 g/mol. The summed E-state index contributed by atoms with van der Waals surface area (Å²) in [6.07, 6.45) is 1.20. The number of hydrogen-bond acceptors (Lipinski definition) is 5.